The number of carbonyl (C=O) groups excluding carboxylic acids is 1. The summed E-state index contributed by atoms with van der Waals surface area (Å²) in [6.45, 7) is 0.987. The van der Waals surface area contributed by atoms with Crippen LogP contribution in [-0.4, -0.2) is 28.2 Å². The van der Waals surface area contributed by atoms with Gasteiger partial charge in [-0.15, -0.1) is 0 Å². The van der Waals surface area contributed by atoms with E-state index in [0.29, 0.717) is 5.56 Å². The smallest absolute Gasteiger partial charge is 0.328 e. The van der Waals surface area contributed by atoms with Gasteiger partial charge in [0.25, 0.3) is 5.56 Å². The van der Waals surface area contributed by atoms with Gasteiger partial charge >= 0.3 is 11.7 Å². The number of carbonyl (C=O) groups is 1. The van der Waals surface area contributed by atoms with Gasteiger partial charge in [0, 0.05) is 11.8 Å². The van der Waals surface area contributed by atoms with E-state index in [1.54, 1.807) is 6.07 Å². The summed E-state index contributed by atoms with van der Waals surface area (Å²) in [6.07, 6.45) is 1.30. The summed E-state index contributed by atoms with van der Waals surface area (Å²) < 4.78 is 5.61. The molecule has 0 aliphatic carbocycles. The van der Waals surface area contributed by atoms with Gasteiger partial charge in [0.1, 0.15) is 12.1 Å². The third-order valence-electron chi connectivity index (χ3n) is 2.16. The molecule has 0 aliphatic rings. The molecule has 18 heavy (non-hydrogen) atoms. The summed E-state index contributed by atoms with van der Waals surface area (Å²) in [5.74, 6) is -0.785. The third kappa shape index (κ3) is 3.29. The lowest BCUT2D eigenvalue weighted by Gasteiger charge is -2.11. The quantitative estimate of drug-likeness (QED) is 0.610. The van der Waals surface area contributed by atoms with Gasteiger partial charge in [-0.3, -0.25) is 19.1 Å². The Labute approximate surface area is 102 Å². The number of H-pyrrole nitrogens is 1. The molecule has 0 fully saturated rings. The molecule has 0 saturated carbocycles. The Kier molecular flexibility index (Phi) is 4.39. The number of nitrogens with one attached hydrogen (secondary N) is 1. The number of rotatable bonds is 4. The van der Waals surface area contributed by atoms with Crippen LogP contribution in [0.25, 0.3) is 0 Å². The van der Waals surface area contributed by atoms with Gasteiger partial charge in [0.15, 0.2) is 6.61 Å². The monoisotopic (exact) mass is 252 g/mol. The van der Waals surface area contributed by atoms with E-state index in [0.717, 1.165) is 4.57 Å². The first-order valence-corrected chi connectivity index (χ1v) is 5.05. The van der Waals surface area contributed by atoms with Crippen molar-refractivity contribution in [1.29, 1.82) is 5.26 Å². The summed E-state index contributed by atoms with van der Waals surface area (Å²) in [5.41, 5.74) is 4.69. The molecule has 1 aromatic heterocycles. The van der Waals surface area contributed by atoms with Crippen LogP contribution in [0.15, 0.2) is 15.8 Å². The van der Waals surface area contributed by atoms with E-state index in [4.69, 9.17) is 11.0 Å². The molecule has 8 nitrogen and oxygen atoms in total. The molecule has 0 aromatic carbocycles. The van der Waals surface area contributed by atoms with Crippen LogP contribution < -0.4 is 17.0 Å². The highest BCUT2D eigenvalue weighted by atomic mass is 16.5. The molecule has 0 saturated heterocycles. The predicted molar refractivity (Wildman–Crippen MR) is 60.6 cm³/mol. The topological polar surface area (TPSA) is 131 Å². The number of hydrogen-bond acceptors (Lipinski definition) is 6. The maximum atomic E-state index is 11.4. The Hall–Kier alpha value is -2.40. The van der Waals surface area contributed by atoms with Gasteiger partial charge in [-0.05, 0) is 6.92 Å². The molecular formula is C10H12N4O4. The molecule has 0 amide bonds. The molecule has 1 heterocycles. The molecule has 1 aromatic rings. The molecule has 96 valence electrons. The molecule has 0 spiro atoms. The van der Waals surface area contributed by atoms with Crippen LogP contribution in [0.2, 0.25) is 0 Å². The summed E-state index contributed by atoms with van der Waals surface area (Å²) >= 11 is 0. The second-order valence-electron chi connectivity index (χ2n) is 3.60. The Morgan fingerprint density at radius 2 is 2.33 bits per heavy atom. The highest BCUT2D eigenvalue weighted by Gasteiger charge is 2.16. The molecule has 1 atom stereocenters. The second kappa shape index (κ2) is 5.79. The molecule has 0 radical (unpaired) electrons. The van der Waals surface area contributed by atoms with E-state index < -0.39 is 29.9 Å². The molecule has 3 N–H and O–H groups in total. The van der Waals surface area contributed by atoms with Gasteiger partial charge in [-0.2, -0.15) is 5.26 Å². The highest BCUT2D eigenvalue weighted by molar-refractivity contribution is 5.75. The first-order chi connectivity index (χ1) is 8.45. The van der Waals surface area contributed by atoms with Crippen LogP contribution in [0.1, 0.15) is 5.56 Å². The van der Waals surface area contributed by atoms with Gasteiger partial charge < -0.3 is 10.5 Å². The molecular weight excluding hydrogens is 240 g/mol. The summed E-state index contributed by atoms with van der Waals surface area (Å²) in [5, 5.41) is 8.23. The van der Waals surface area contributed by atoms with Crippen molar-refractivity contribution < 1.29 is 9.53 Å². The molecule has 1 rings (SSSR count). The summed E-state index contributed by atoms with van der Waals surface area (Å²) in [6, 6.07) is 0.549. The van der Waals surface area contributed by atoms with E-state index in [-0.39, 0.29) is 6.54 Å². The van der Waals surface area contributed by atoms with Crippen molar-refractivity contribution in [1.82, 2.24) is 9.55 Å². The van der Waals surface area contributed by atoms with Crippen LogP contribution in [0, 0.1) is 18.3 Å². The Balaban J connectivity index is 2.83. The number of nitrogens with zero attached hydrogens (tertiary/aromatic N) is 2. The molecule has 0 aliphatic heterocycles. The zero-order valence-electron chi connectivity index (χ0n) is 9.67. The predicted octanol–water partition coefficient (Wildman–Crippen LogP) is -1.76. The Bertz CT molecular complexity index is 595. The number of hydrogen-bond donors (Lipinski definition) is 2. The first kappa shape index (κ1) is 13.7. The third-order valence-corrected chi connectivity index (χ3v) is 2.16. The maximum Gasteiger partial charge on any atom is 0.328 e. The molecule has 1 unspecified atom stereocenters. The summed E-state index contributed by atoms with van der Waals surface area (Å²) in [7, 11) is 0. The average molecular weight is 252 g/mol. The van der Waals surface area contributed by atoms with Gasteiger partial charge in [-0.25, -0.2) is 4.79 Å². The van der Waals surface area contributed by atoms with Crippen molar-refractivity contribution in [3.8, 4) is 6.07 Å². The number of esters is 1. The van der Waals surface area contributed by atoms with E-state index in [1.807, 2.05) is 0 Å². The van der Waals surface area contributed by atoms with Crippen molar-refractivity contribution in [3.05, 3.63) is 32.6 Å². The second-order valence-corrected chi connectivity index (χ2v) is 3.60. The van der Waals surface area contributed by atoms with Crippen LogP contribution in [-0.2, 0) is 16.1 Å². The number of aryl methyl sites for hydroxylation is 1. The minimum atomic E-state index is -1.08. The average Bonchev–Trinajstić information content (AvgIpc) is 2.32. The fourth-order valence-corrected chi connectivity index (χ4v) is 1.25. The van der Waals surface area contributed by atoms with Gasteiger partial charge in [0.2, 0.25) is 0 Å². The van der Waals surface area contributed by atoms with Crippen molar-refractivity contribution in [2.75, 3.05) is 6.61 Å². The summed E-state index contributed by atoms with van der Waals surface area (Å²) in [4.78, 5) is 35.9. The standard InChI is InChI=1S/C10H12N4O4/c1-6-4-14(10(17)13-8(6)15)5-7(12)9(16)18-3-2-11/h4,7H,3,5,12H2,1H3,(H,13,15,17). The van der Waals surface area contributed by atoms with Gasteiger partial charge in [0.05, 0.1) is 6.54 Å². The van der Waals surface area contributed by atoms with Crippen molar-refractivity contribution in [2.45, 2.75) is 19.5 Å². The zero-order valence-corrected chi connectivity index (χ0v) is 9.67. The Morgan fingerprint density at radius 3 is 2.94 bits per heavy atom. The SMILES string of the molecule is Cc1cn(CC(N)C(=O)OCC#N)c(=O)[nH]c1=O. The number of aromatic nitrogens is 2. The number of nitriles is 1. The van der Waals surface area contributed by atoms with E-state index in [1.165, 1.54) is 13.1 Å². The fourth-order valence-electron chi connectivity index (χ4n) is 1.25. The van der Waals surface area contributed by atoms with Crippen molar-refractivity contribution >= 4 is 5.97 Å². The van der Waals surface area contributed by atoms with Crippen LogP contribution in [0.5, 0.6) is 0 Å². The number of ether oxygens (including phenoxy) is 1. The first-order valence-electron chi connectivity index (χ1n) is 5.05. The van der Waals surface area contributed by atoms with Gasteiger partial charge in [-0.1, -0.05) is 0 Å². The Morgan fingerprint density at radius 1 is 1.67 bits per heavy atom. The van der Waals surface area contributed by atoms with E-state index >= 15 is 0 Å². The lowest BCUT2D eigenvalue weighted by atomic mass is 10.3. The largest absolute Gasteiger partial charge is 0.449 e. The van der Waals surface area contributed by atoms with E-state index in [9.17, 15) is 14.4 Å². The lowest BCUT2D eigenvalue weighted by Crippen LogP contribution is -2.41. The van der Waals surface area contributed by atoms with Crippen LogP contribution >= 0.6 is 0 Å². The molecule has 8 heteroatoms. The normalized spacial score (nSPS) is 11.6. The van der Waals surface area contributed by atoms with Crippen molar-refractivity contribution in [3.63, 3.8) is 0 Å². The fraction of sp³-hybridized carbons (Fsp3) is 0.400. The number of aromatic amines is 1. The van der Waals surface area contributed by atoms with Crippen molar-refractivity contribution in [2.24, 2.45) is 5.73 Å². The minimum Gasteiger partial charge on any atom is -0.449 e. The lowest BCUT2D eigenvalue weighted by molar-refractivity contribution is -0.144. The zero-order chi connectivity index (χ0) is 13.7. The highest BCUT2D eigenvalue weighted by Crippen LogP contribution is 1.91. The minimum absolute atomic E-state index is 0.138. The van der Waals surface area contributed by atoms with E-state index in [2.05, 4.69) is 9.72 Å². The maximum absolute atomic E-state index is 11.4. The number of nitrogens with two attached hydrogens (primary N) is 1. The van der Waals surface area contributed by atoms with Crippen LogP contribution in [0.4, 0.5) is 0 Å². The van der Waals surface area contributed by atoms with Crippen LogP contribution in [0.3, 0.4) is 0 Å². The molecule has 0 bridgehead atoms.